The largest absolute Gasteiger partial charge is 0.323 e. The predicted molar refractivity (Wildman–Crippen MR) is 73.8 cm³/mol. The van der Waals surface area contributed by atoms with Gasteiger partial charge in [-0.1, -0.05) is 30.3 Å². The number of amidine groups is 1. The highest BCUT2D eigenvalue weighted by Crippen LogP contribution is 2.17. The Labute approximate surface area is 106 Å². The molecule has 0 fully saturated rings. The van der Waals surface area contributed by atoms with Gasteiger partial charge in [0.25, 0.3) is 0 Å². The number of aliphatic imine (C=N–C) groups is 1. The molecule has 1 heterocycles. The Bertz CT molecular complexity index is 351. The van der Waals surface area contributed by atoms with E-state index in [4.69, 9.17) is 11.6 Å². The molecule has 0 spiro atoms. The Morgan fingerprint density at radius 1 is 1.56 bits per heavy atom. The van der Waals surface area contributed by atoms with E-state index in [1.807, 2.05) is 24.3 Å². The number of hydrogen-bond donors (Lipinski definition) is 0. The van der Waals surface area contributed by atoms with Crippen LogP contribution >= 0.6 is 23.4 Å². The lowest BCUT2D eigenvalue weighted by Crippen LogP contribution is -2.23. The third-order valence-electron chi connectivity index (χ3n) is 2.04. The molecular formula is C11H16ClN3S. The van der Waals surface area contributed by atoms with E-state index in [9.17, 15) is 0 Å². The summed E-state index contributed by atoms with van der Waals surface area (Å²) in [7, 11) is 1.98. The number of rotatable bonds is 3. The number of anilines is 1. The number of thioether (sulfide) groups is 1. The summed E-state index contributed by atoms with van der Waals surface area (Å²) in [6, 6.07) is 3.72. The lowest BCUT2D eigenvalue weighted by molar-refractivity contribution is 0.930. The van der Waals surface area contributed by atoms with Gasteiger partial charge >= 0.3 is 0 Å². The fourth-order valence-corrected chi connectivity index (χ4v) is 1.90. The molecule has 0 bridgehead atoms. The minimum absolute atomic E-state index is 0.508. The molecule has 0 saturated heterocycles. The fraction of sp³-hybridized carbons (Fsp3) is 0.455. The van der Waals surface area contributed by atoms with E-state index < -0.39 is 0 Å². The molecular weight excluding hydrogens is 242 g/mol. The number of pyridine rings is 1. The first-order valence-corrected chi connectivity index (χ1v) is 6.73. The molecule has 1 aromatic rings. The van der Waals surface area contributed by atoms with Crippen LogP contribution in [-0.4, -0.2) is 30.0 Å². The number of hydrogen-bond acceptors (Lipinski definition) is 3. The Kier molecular flexibility index (Phi) is 5.63. The standard InChI is InChI=1S/C11H16ClN3S/c1-4-7-13-11(16-3)15(2)9-5-6-10(12)14-8-9/h5-6,8H,4,7H2,1-3H3. The Morgan fingerprint density at radius 3 is 2.81 bits per heavy atom. The van der Waals surface area contributed by atoms with Crippen LogP contribution in [0.1, 0.15) is 13.3 Å². The smallest absolute Gasteiger partial charge is 0.163 e. The Morgan fingerprint density at radius 2 is 2.31 bits per heavy atom. The lowest BCUT2D eigenvalue weighted by Gasteiger charge is -2.19. The molecule has 0 aromatic carbocycles. The molecule has 0 aliphatic rings. The van der Waals surface area contributed by atoms with Crippen molar-refractivity contribution in [2.24, 2.45) is 4.99 Å². The summed E-state index contributed by atoms with van der Waals surface area (Å²) in [6.45, 7) is 2.97. The predicted octanol–water partition coefficient (Wildman–Crippen LogP) is 3.30. The average molecular weight is 258 g/mol. The van der Waals surface area contributed by atoms with E-state index in [1.54, 1.807) is 24.0 Å². The summed E-state index contributed by atoms with van der Waals surface area (Å²) >= 11 is 7.38. The molecule has 0 amide bonds. The first-order valence-electron chi connectivity index (χ1n) is 5.12. The van der Waals surface area contributed by atoms with Crippen LogP contribution in [0.5, 0.6) is 0 Å². The molecule has 1 rings (SSSR count). The first-order chi connectivity index (χ1) is 7.69. The topological polar surface area (TPSA) is 28.5 Å². The van der Waals surface area contributed by atoms with Gasteiger partial charge in [0.05, 0.1) is 11.9 Å². The van der Waals surface area contributed by atoms with Gasteiger partial charge in [0.1, 0.15) is 5.15 Å². The molecule has 16 heavy (non-hydrogen) atoms. The van der Waals surface area contributed by atoms with Crippen molar-refractivity contribution in [2.45, 2.75) is 13.3 Å². The SMILES string of the molecule is CCCN=C(SC)N(C)c1ccc(Cl)nc1. The second-order valence-electron chi connectivity index (χ2n) is 3.27. The zero-order chi connectivity index (χ0) is 12.0. The van der Waals surface area contributed by atoms with Crippen molar-refractivity contribution in [1.82, 2.24) is 4.98 Å². The first kappa shape index (κ1) is 13.3. The summed E-state index contributed by atoms with van der Waals surface area (Å²) in [5, 5.41) is 1.50. The van der Waals surface area contributed by atoms with E-state index in [0.29, 0.717) is 5.15 Å². The molecule has 0 unspecified atom stereocenters. The quantitative estimate of drug-likeness (QED) is 0.473. The zero-order valence-electron chi connectivity index (χ0n) is 9.77. The highest BCUT2D eigenvalue weighted by molar-refractivity contribution is 8.13. The van der Waals surface area contributed by atoms with Crippen LogP contribution in [0.2, 0.25) is 5.15 Å². The maximum absolute atomic E-state index is 5.75. The second-order valence-corrected chi connectivity index (χ2v) is 4.43. The van der Waals surface area contributed by atoms with E-state index >= 15 is 0 Å². The fourth-order valence-electron chi connectivity index (χ4n) is 1.19. The monoisotopic (exact) mass is 257 g/mol. The van der Waals surface area contributed by atoms with E-state index in [0.717, 1.165) is 23.8 Å². The van der Waals surface area contributed by atoms with Gasteiger partial charge in [-0.05, 0) is 24.8 Å². The Balaban J connectivity index is 2.82. The van der Waals surface area contributed by atoms with E-state index in [2.05, 4.69) is 16.9 Å². The molecule has 88 valence electrons. The number of halogens is 1. The number of nitrogens with zero attached hydrogens (tertiary/aromatic N) is 3. The molecule has 5 heteroatoms. The average Bonchev–Trinajstić information content (AvgIpc) is 2.30. The van der Waals surface area contributed by atoms with Gasteiger partial charge in [-0.15, -0.1) is 0 Å². The van der Waals surface area contributed by atoms with Gasteiger partial charge in [0.15, 0.2) is 5.17 Å². The van der Waals surface area contributed by atoms with Crippen LogP contribution in [0.25, 0.3) is 0 Å². The summed E-state index contributed by atoms with van der Waals surface area (Å²) < 4.78 is 0. The maximum atomic E-state index is 5.75. The minimum Gasteiger partial charge on any atom is -0.323 e. The maximum Gasteiger partial charge on any atom is 0.163 e. The highest BCUT2D eigenvalue weighted by atomic mass is 35.5. The van der Waals surface area contributed by atoms with Crippen molar-refractivity contribution >= 4 is 34.2 Å². The summed E-state index contributed by atoms with van der Waals surface area (Å²) in [5.41, 5.74) is 0.994. The zero-order valence-corrected chi connectivity index (χ0v) is 11.3. The lowest BCUT2D eigenvalue weighted by atomic mass is 10.4. The molecule has 0 aliphatic heterocycles. The minimum atomic E-state index is 0.508. The summed E-state index contributed by atoms with van der Waals surface area (Å²) in [5.74, 6) is 0. The van der Waals surface area contributed by atoms with Gasteiger partial charge in [-0.25, -0.2) is 4.98 Å². The van der Waals surface area contributed by atoms with Crippen LogP contribution in [0.3, 0.4) is 0 Å². The molecule has 0 atom stereocenters. The van der Waals surface area contributed by atoms with Crippen molar-refractivity contribution in [2.75, 3.05) is 24.7 Å². The second kappa shape index (κ2) is 6.76. The van der Waals surface area contributed by atoms with E-state index in [1.165, 1.54) is 0 Å². The highest BCUT2D eigenvalue weighted by Gasteiger charge is 2.07. The summed E-state index contributed by atoms with van der Waals surface area (Å²) in [4.78, 5) is 10.6. The van der Waals surface area contributed by atoms with Crippen molar-refractivity contribution in [1.29, 1.82) is 0 Å². The van der Waals surface area contributed by atoms with Crippen LogP contribution in [0, 0.1) is 0 Å². The van der Waals surface area contributed by atoms with Gasteiger partial charge < -0.3 is 4.90 Å². The molecule has 1 aromatic heterocycles. The third kappa shape index (κ3) is 3.68. The molecule has 0 N–H and O–H groups in total. The van der Waals surface area contributed by atoms with Gasteiger partial charge in [-0.2, -0.15) is 0 Å². The third-order valence-corrected chi connectivity index (χ3v) is 3.03. The van der Waals surface area contributed by atoms with E-state index in [-0.39, 0.29) is 0 Å². The number of aromatic nitrogens is 1. The molecule has 3 nitrogen and oxygen atoms in total. The van der Waals surface area contributed by atoms with Crippen LogP contribution in [0.15, 0.2) is 23.3 Å². The van der Waals surface area contributed by atoms with Gasteiger partial charge in [0, 0.05) is 13.6 Å². The molecule has 0 aliphatic carbocycles. The van der Waals surface area contributed by atoms with Gasteiger partial charge in [0.2, 0.25) is 0 Å². The summed E-state index contributed by atoms with van der Waals surface area (Å²) in [6.07, 6.45) is 4.82. The van der Waals surface area contributed by atoms with Crippen molar-refractivity contribution < 1.29 is 0 Å². The van der Waals surface area contributed by atoms with Crippen LogP contribution in [0.4, 0.5) is 5.69 Å². The van der Waals surface area contributed by atoms with Crippen molar-refractivity contribution in [3.8, 4) is 0 Å². The normalized spacial score (nSPS) is 11.6. The molecule has 0 radical (unpaired) electrons. The van der Waals surface area contributed by atoms with Crippen molar-refractivity contribution in [3.05, 3.63) is 23.5 Å². The van der Waals surface area contributed by atoms with Crippen molar-refractivity contribution in [3.63, 3.8) is 0 Å². The van der Waals surface area contributed by atoms with Crippen LogP contribution in [-0.2, 0) is 0 Å². The Hall–Kier alpha value is -0.740. The molecule has 0 saturated carbocycles. The van der Waals surface area contributed by atoms with Crippen LogP contribution < -0.4 is 4.90 Å². The van der Waals surface area contributed by atoms with Gasteiger partial charge in [-0.3, -0.25) is 4.99 Å².